The van der Waals surface area contributed by atoms with E-state index in [1.165, 1.54) is 12.1 Å². The van der Waals surface area contributed by atoms with E-state index in [2.05, 4.69) is 14.9 Å². The van der Waals surface area contributed by atoms with Gasteiger partial charge in [-0.1, -0.05) is 6.42 Å². The van der Waals surface area contributed by atoms with Gasteiger partial charge < -0.3 is 14.6 Å². The normalized spacial score (nSPS) is 19.8. The first-order valence-electron chi connectivity index (χ1n) is 9.47. The minimum Gasteiger partial charge on any atom is -0.376 e. The highest BCUT2D eigenvalue weighted by molar-refractivity contribution is 5.94. The van der Waals surface area contributed by atoms with Gasteiger partial charge in [-0.15, -0.1) is 0 Å². The molecule has 0 radical (unpaired) electrons. The van der Waals surface area contributed by atoms with Gasteiger partial charge in [0.05, 0.1) is 11.8 Å². The summed E-state index contributed by atoms with van der Waals surface area (Å²) in [6.07, 6.45) is 6.25. The Morgan fingerprint density at radius 3 is 2.85 bits per heavy atom. The van der Waals surface area contributed by atoms with E-state index in [0.29, 0.717) is 12.2 Å². The SMILES string of the molecule is O=C(NCC1CCCO1)c1nc(-c2ccc(F)cc2)n2c1CCCCC2. The highest BCUT2D eigenvalue weighted by Gasteiger charge is 2.25. The smallest absolute Gasteiger partial charge is 0.271 e. The Morgan fingerprint density at radius 2 is 2.08 bits per heavy atom. The van der Waals surface area contributed by atoms with Crippen LogP contribution in [-0.4, -0.2) is 34.7 Å². The van der Waals surface area contributed by atoms with Crippen molar-refractivity contribution >= 4 is 5.91 Å². The molecule has 5 nitrogen and oxygen atoms in total. The number of hydrogen-bond acceptors (Lipinski definition) is 3. The molecule has 2 aliphatic rings. The first-order valence-corrected chi connectivity index (χ1v) is 9.47. The van der Waals surface area contributed by atoms with Crippen LogP contribution in [0.15, 0.2) is 24.3 Å². The van der Waals surface area contributed by atoms with E-state index in [-0.39, 0.29) is 17.8 Å². The number of halogens is 1. The molecule has 1 saturated heterocycles. The highest BCUT2D eigenvalue weighted by atomic mass is 19.1. The molecule has 1 unspecified atom stereocenters. The second-order valence-corrected chi connectivity index (χ2v) is 7.04. The van der Waals surface area contributed by atoms with Crippen LogP contribution in [0.2, 0.25) is 0 Å². The van der Waals surface area contributed by atoms with Crippen molar-refractivity contribution in [3.8, 4) is 11.4 Å². The first-order chi connectivity index (χ1) is 12.7. The number of hydrogen-bond donors (Lipinski definition) is 1. The van der Waals surface area contributed by atoms with E-state index in [1.54, 1.807) is 12.1 Å². The van der Waals surface area contributed by atoms with Crippen LogP contribution in [0.25, 0.3) is 11.4 Å². The molecule has 2 aromatic rings. The minimum absolute atomic E-state index is 0.108. The Bertz CT molecular complexity index is 779. The molecule has 1 amide bonds. The number of fused-ring (bicyclic) bond motifs is 1. The number of benzene rings is 1. The Labute approximate surface area is 152 Å². The third-order valence-corrected chi connectivity index (χ3v) is 5.20. The van der Waals surface area contributed by atoms with Crippen LogP contribution in [0.1, 0.15) is 48.3 Å². The van der Waals surface area contributed by atoms with Gasteiger partial charge in [-0.2, -0.15) is 0 Å². The molecule has 1 aromatic heterocycles. The van der Waals surface area contributed by atoms with E-state index in [9.17, 15) is 9.18 Å². The molecule has 1 N–H and O–H groups in total. The molecule has 26 heavy (non-hydrogen) atoms. The summed E-state index contributed by atoms with van der Waals surface area (Å²) in [5.74, 6) is 0.342. The molecule has 0 spiro atoms. The van der Waals surface area contributed by atoms with Gasteiger partial charge in [-0.05, 0) is 56.4 Å². The maximum atomic E-state index is 13.3. The van der Waals surface area contributed by atoms with Crippen LogP contribution >= 0.6 is 0 Å². The maximum Gasteiger partial charge on any atom is 0.271 e. The molecule has 138 valence electrons. The van der Waals surface area contributed by atoms with Crippen LogP contribution < -0.4 is 5.32 Å². The summed E-state index contributed by atoms with van der Waals surface area (Å²) in [7, 11) is 0. The lowest BCUT2D eigenvalue weighted by atomic mass is 10.1. The summed E-state index contributed by atoms with van der Waals surface area (Å²) in [5.41, 5.74) is 2.34. The zero-order valence-electron chi connectivity index (χ0n) is 14.8. The lowest BCUT2D eigenvalue weighted by Crippen LogP contribution is -2.32. The summed E-state index contributed by atoms with van der Waals surface area (Å²) in [6.45, 7) is 2.14. The number of ether oxygens (including phenoxy) is 1. The number of carbonyl (C=O) groups is 1. The van der Waals surface area contributed by atoms with Crippen LogP contribution in [0.3, 0.4) is 0 Å². The summed E-state index contributed by atoms with van der Waals surface area (Å²) in [5, 5.41) is 2.99. The number of aromatic nitrogens is 2. The van der Waals surface area contributed by atoms with E-state index in [0.717, 1.165) is 68.8 Å². The minimum atomic E-state index is -0.272. The summed E-state index contributed by atoms with van der Waals surface area (Å²) >= 11 is 0. The predicted molar refractivity (Wildman–Crippen MR) is 96.5 cm³/mol. The first kappa shape index (κ1) is 17.2. The largest absolute Gasteiger partial charge is 0.376 e. The van der Waals surface area contributed by atoms with E-state index < -0.39 is 0 Å². The van der Waals surface area contributed by atoms with Crippen molar-refractivity contribution in [1.82, 2.24) is 14.9 Å². The van der Waals surface area contributed by atoms with Crippen LogP contribution in [0.5, 0.6) is 0 Å². The molecule has 1 atom stereocenters. The molecule has 3 heterocycles. The van der Waals surface area contributed by atoms with Crippen LogP contribution in [-0.2, 0) is 17.7 Å². The number of carbonyl (C=O) groups excluding carboxylic acids is 1. The van der Waals surface area contributed by atoms with Gasteiger partial charge in [-0.3, -0.25) is 4.79 Å². The Balaban J connectivity index is 1.63. The fourth-order valence-electron chi connectivity index (χ4n) is 3.82. The van der Waals surface area contributed by atoms with E-state index in [1.807, 2.05) is 0 Å². The molecule has 0 saturated carbocycles. The molecule has 0 aliphatic carbocycles. The topological polar surface area (TPSA) is 56.1 Å². The Kier molecular flexibility index (Phi) is 5.02. The maximum absolute atomic E-state index is 13.3. The molecule has 6 heteroatoms. The standard InChI is InChI=1S/C20H24FN3O2/c21-15-9-7-14(8-10-15)19-23-18(17-6-2-1-3-11-24(17)19)20(25)22-13-16-5-4-12-26-16/h7-10,16H,1-6,11-13H2,(H,22,25). The van der Waals surface area contributed by atoms with Gasteiger partial charge in [0.2, 0.25) is 0 Å². The fourth-order valence-corrected chi connectivity index (χ4v) is 3.82. The second kappa shape index (κ2) is 7.58. The van der Waals surface area contributed by atoms with Crippen molar-refractivity contribution in [1.29, 1.82) is 0 Å². The third-order valence-electron chi connectivity index (χ3n) is 5.20. The average Bonchev–Trinajstić information content (AvgIpc) is 3.23. The molecule has 4 rings (SSSR count). The monoisotopic (exact) mass is 357 g/mol. The summed E-state index contributed by atoms with van der Waals surface area (Å²) in [6, 6.07) is 6.32. The molecular formula is C20H24FN3O2. The quantitative estimate of drug-likeness (QED) is 0.913. The van der Waals surface area contributed by atoms with E-state index >= 15 is 0 Å². The molecule has 0 bridgehead atoms. The lowest BCUT2D eigenvalue weighted by molar-refractivity contribution is 0.0853. The lowest BCUT2D eigenvalue weighted by Gasteiger charge is -2.11. The molecule has 1 fully saturated rings. The predicted octanol–water partition coefficient (Wildman–Crippen LogP) is 3.32. The molecule has 2 aliphatic heterocycles. The number of nitrogens with zero attached hydrogens (tertiary/aromatic N) is 2. The van der Waals surface area contributed by atoms with Gasteiger partial charge in [0.25, 0.3) is 5.91 Å². The summed E-state index contributed by atoms with van der Waals surface area (Å²) in [4.78, 5) is 17.4. The van der Waals surface area contributed by atoms with Gasteiger partial charge in [0.1, 0.15) is 17.3 Å². The zero-order valence-corrected chi connectivity index (χ0v) is 14.8. The molecule has 1 aromatic carbocycles. The van der Waals surface area contributed by atoms with Gasteiger partial charge in [0, 0.05) is 25.3 Å². The average molecular weight is 357 g/mol. The van der Waals surface area contributed by atoms with Crippen molar-refractivity contribution < 1.29 is 13.9 Å². The van der Waals surface area contributed by atoms with Gasteiger partial charge >= 0.3 is 0 Å². The molecular weight excluding hydrogens is 333 g/mol. The van der Waals surface area contributed by atoms with Crippen molar-refractivity contribution in [3.63, 3.8) is 0 Å². The third kappa shape index (κ3) is 3.51. The Morgan fingerprint density at radius 1 is 1.23 bits per heavy atom. The number of nitrogens with one attached hydrogen (secondary N) is 1. The summed E-state index contributed by atoms with van der Waals surface area (Å²) < 4.78 is 21.0. The van der Waals surface area contributed by atoms with Crippen LogP contribution in [0, 0.1) is 5.82 Å². The van der Waals surface area contributed by atoms with Crippen molar-refractivity contribution in [3.05, 3.63) is 41.5 Å². The van der Waals surface area contributed by atoms with Crippen LogP contribution in [0.4, 0.5) is 4.39 Å². The Hall–Kier alpha value is -2.21. The highest BCUT2D eigenvalue weighted by Crippen LogP contribution is 2.27. The van der Waals surface area contributed by atoms with Gasteiger partial charge in [-0.25, -0.2) is 9.37 Å². The number of imidazole rings is 1. The van der Waals surface area contributed by atoms with E-state index in [4.69, 9.17) is 4.74 Å². The van der Waals surface area contributed by atoms with Gasteiger partial charge in [0.15, 0.2) is 0 Å². The fraction of sp³-hybridized carbons (Fsp3) is 0.500. The zero-order chi connectivity index (χ0) is 17.9. The number of rotatable bonds is 4. The van der Waals surface area contributed by atoms with Crippen molar-refractivity contribution in [2.24, 2.45) is 0 Å². The van der Waals surface area contributed by atoms with Crippen molar-refractivity contribution in [2.45, 2.75) is 51.2 Å². The second-order valence-electron chi connectivity index (χ2n) is 7.04. The van der Waals surface area contributed by atoms with Crippen molar-refractivity contribution in [2.75, 3.05) is 13.2 Å². The number of amides is 1.